The van der Waals surface area contributed by atoms with Crippen LogP contribution in [0.5, 0.6) is 5.75 Å². The molecule has 0 radical (unpaired) electrons. The Morgan fingerprint density at radius 1 is 1.15 bits per heavy atom. The Labute approximate surface area is 225 Å². The van der Waals surface area contributed by atoms with Crippen LogP contribution in [0.4, 0.5) is 0 Å². The highest BCUT2D eigenvalue weighted by molar-refractivity contribution is 5.90. The lowest BCUT2D eigenvalue weighted by Gasteiger charge is -2.31. The van der Waals surface area contributed by atoms with Gasteiger partial charge in [0.2, 0.25) is 5.91 Å². The number of benzene rings is 1. The quantitative estimate of drug-likeness (QED) is 0.121. The number of nitrogens with zero attached hydrogens (tertiary/aromatic N) is 2. The number of cyclic esters (lactones) is 1. The molecule has 1 atom stereocenters. The number of aromatic nitrogens is 2. The van der Waals surface area contributed by atoms with Crippen molar-refractivity contribution in [2.45, 2.75) is 77.5 Å². The Kier molecular flexibility index (Phi) is 7.42. The van der Waals surface area contributed by atoms with Gasteiger partial charge < -0.3 is 19.1 Å². The normalized spacial score (nSPS) is 17.4. The summed E-state index contributed by atoms with van der Waals surface area (Å²) in [5.41, 5.74) is 4.26. The highest BCUT2D eigenvalue weighted by atomic mass is 16.6. The number of aliphatic hydroxyl groups is 1. The number of ether oxygens (including phenoxy) is 2. The molecular weight excluding hydrogens is 502 g/mol. The number of aryl methyl sites for hydroxylation is 1. The fourth-order valence-electron chi connectivity index (χ4n) is 5.62. The number of pyridine rings is 2. The van der Waals surface area contributed by atoms with E-state index in [0.717, 1.165) is 53.5 Å². The first-order valence-corrected chi connectivity index (χ1v) is 13.5. The second kappa shape index (κ2) is 10.8. The third-order valence-corrected chi connectivity index (χ3v) is 7.82. The van der Waals surface area contributed by atoms with Crippen LogP contribution in [0.3, 0.4) is 0 Å². The Morgan fingerprint density at radius 2 is 1.95 bits per heavy atom. The molecule has 1 amide bonds. The van der Waals surface area contributed by atoms with Crippen LogP contribution in [0.15, 0.2) is 29.1 Å². The number of nitrogens with one attached hydrogen (secondary N) is 1. The summed E-state index contributed by atoms with van der Waals surface area (Å²) in [5.74, 6) is -0.360. The van der Waals surface area contributed by atoms with E-state index < -0.39 is 11.6 Å². The van der Waals surface area contributed by atoms with Crippen LogP contribution in [0.25, 0.3) is 22.3 Å². The van der Waals surface area contributed by atoms with Gasteiger partial charge in [0.15, 0.2) is 5.60 Å². The van der Waals surface area contributed by atoms with Gasteiger partial charge in [0.25, 0.3) is 5.56 Å². The van der Waals surface area contributed by atoms with Crippen molar-refractivity contribution in [3.05, 3.63) is 56.9 Å². The number of esters is 1. The second-order valence-electron chi connectivity index (χ2n) is 10.1. The summed E-state index contributed by atoms with van der Waals surface area (Å²) < 4.78 is 12.8. The number of carbonyl (C=O) groups excluding carboxylic acids is 2. The first-order valence-electron chi connectivity index (χ1n) is 13.5. The smallest absolute Gasteiger partial charge is 0.343 e. The molecule has 10 heteroatoms. The van der Waals surface area contributed by atoms with Gasteiger partial charge in [-0.3, -0.25) is 14.8 Å². The third-order valence-electron chi connectivity index (χ3n) is 7.82. The number of amides is 1. The minimum Gasteiger partial charge on any atom is -0.494 e. The van der Waals surface area contributed by atoms with E-state index in [0.29, 0.717) is 48.5 Å². The summed E-state index contributed by atoms with van der Waals surface area (Å²) in [7, 11) is 0. The zero-order valence-corrected chi connectivity index (χ0v) is 22.2. The maximum Gasteiger partial charge on any atom is 0.343 e. The van der Waals surface area contributed by atoms with Crippen LogP contribution in [-0.4, -0.2) is 38.3 Å². The highest BCUT2D eigenvalue weighted by Gasteiger charge is 2.45. The van der Waals surface area contributed by atoms with Gasteiger partial charge in [-0.25, -0.2) is 15.3 Å². The first-order chi connectivity index (χ1) is 18.8. The van der Waals surface area contributed by atoms with E-state index >= 15 is 0 Å². The average Bonchev–Trinajstić information content (AvgIpc) is 3.31. The molecule has 3 N–H and O–H groups in total. The zero-order chi connectivity index (χ0) is 27.7. The van der Waals surface area contributed by atoms with E-state index in [1.807, 2.05) is 18.2 Å². The van der Waals surface area contributed by atoms with Crippen molar-refractivity contribution >= 4 is 22.8 Å². The molecule has 0 bridgehead atoms. The lowest BCUT2D eigenvalue weighted by Crippen LogP contribution is -2.44. The van der Waals surface area contributed by atoms with E-state index in [1.165, 1.54) is 0 Å². The molecule has 0 saturated heterocycles. The second-order valence-corrected chi connectivity index (χ2v) is 10.1. The summed E-state index contributed by atoms with van der Waals surface area (Å²) in [6.07, 6.45) is 4.50. The van der Waals surface area contributed by atoms with E-state index in [9.17, 15) is 19.5 Å². The fourth-order valence-corrected chi connectivity index (χ4v) is 5.62. The van der Waals surface area contributed by atoms with E-state index in [4.69, 9.17) is 19.7 Å². The zero-order valence-electron chi connectivity index (χ0n) is 22.2. The molecule has 0 spiro atoms. The van der Waals surface area contributed by atoms with Crippen LogP contribution < -0.4 is 15.8 Å². The molecule has 2 aliphatic heterocycles. The molecule has 0 saturated carbocycles. The van der Waals surface area contributed by atoms with Crippen LogP contribution in [-0.2, 0) is 39.5 Å². The average molecular weight is 536 g/mol. The Balaban J connectivity index is 1.41. The highest BCUT2D eigenvalue weighted by Crippen LogP contribution is 2.40. The molecule has 4 heterocycles. The molecular formula is C29H33N3O7. The predicted octanol–water partition coefficient (Wildman–Crippen LogP) is 3.48. The van der Waals surface area contributed by atoms with Gasteiger partial charge in [-0.15, -0.1) is 0 Å². The maximum atomic E-state index is 13.5. The Bertz CT molecular complexity index is 1510. The molecule has 2 aliphatic rings. The summed E-state index contributed by atoms with van der Waals surface area (Å²) in [4.78, 5) is 41.9. The molecule has 2 aromatic heterocycles. The van der Waals surface area contributed by atoms with Crippen molar-refractivity contribution in [1.29, 1.82) is 0 Å². The van der Waals surface area contributed by atoms with Gasteiger partial charge >= 0.3 is 5.97 Å². The van der Waals surface area contributed by atoms with Crippen molar-refractivity contribution in [1.82, 2.24) is 15.0 Å². The minimum absolute atomic E-state index is 0.101. The van der Waals surface area contributed by atoms with Crippen molar-refractivity contribution in [2.24, 2.45) is 0 Å². The number of carbonyl (C=O) groups is 2. The predicted molar refractivity (Wildman–Crippen MR) is 142 cm³/mol. The van der Waals surface area contributed by atoms with Crippen LogP contribution in [0.2, 0.25) is 0 Å². The maximum absolute atomic E-state index is 13.5. The summed E-state index contributed by atoms with van der Waals surface area (Å²) in [6, 6.07) is 7.52. The van der Waals surface area contributed by atoms with E-state index in [1.54, 1.807) is 23.0 Å². The SMILES string of the molecule is CCc1c2c(nc3ccc(OCCCCCCC(=O)NO)cc13)-c1cc3c(c(=O)n1C2)COC(=O)[C@]3(O)CC. The number of rotatable bonds is 10. The van der Waals surface area contributed by atoms with Crippen molar-refractivity contribution in [3.63, 3.8) is 0 Å². The number of unbranched alkanes of at least 4 members (excludes halogenated alkanes) is 3. The molecule has 39 heavy (non-hydrogen) atoms. The molecule has 3 aromatic rings. The fraction of sp³-hybridized carbons (Fsp3) is 0.448. The van der Waals surface area contributed by atoms with Gasteiger partial charge in [0.05, 0.1) is 35.6 Å². The molecule has 0 unspecified atom stereocenters. The number of fused-ring (bicyclic) bond motifs is 5. The van der Waals surface area contributed by atoms with Crippen molar-refractivity contribution in [2.75, 3.05) is 6.61 Å². The molecule has 0 fully saturated rings. The molecule has 10 nitrogen and oxygen atoms in total. The Hall–Kier alpha value is -3.76. The van der Waals surface area contributed by atoms with Gasteiger partial charge in [0, 0.05) is 22.9 Å². The first kappa shape index (κ1) is 26.8. The Morgan fingerprint density at radius 3 is 2.69 bits per heavy atom. The molecule has 5 rings (SSSR count). The van der Waals surface area contributed by atoms with Crippen LogP contribution >= 0.6 is 0 Å². The van der Waals surface area contributed by atoms with Crippen LogP contribution in [0, 0.1) is 0 Å². The monoisotopic (exact) mass is 535 g/mol. The summed E-state index contributed by atoms with van der Waals surface area (Å²) >= 11 is 0. The van der Waals surface area contributed by atoms with Crippen molar-refractivity contribution < 1.29 is 29.4 Å². The number of hydrogen-bond acceptors (Lipinski definition) is 8. The van der Waals surface area contributed by atoms with Gasteiger partial charge in [-0.05, 0) is 55.5 Å². The number of hydrogen-bond donors (Lipinski definition) is 3. The van der Waals surface area contributed by atoms with E-state index in [2.05, 4.69) is 6.92 Å². The molecule has 0 aliphatic carbocycles. The molecule has 206 valence electrons. The van der Waals surface area contributed by atoms with E-state index in [-0.39, 0.29) is 24.5 Å². The number of hydroxylamine groups is 1. The molecule has 1 aromatic carbocycles. The third kappa shape index (κ3) is 4.68. The minimum atomic E-state index is -1.85. The van der Waals surface area contributed by atoms with Crippen molar-refractivity contribution in [3.8, 4) is 17.1 Å². The summed E-state index contributed by atoms with van der Waals surface area (Å²) in [5, 5.41) is 20.6. The lowest BCUT2D eigenvalue weighted by atomic mass is 9.86. The lowest BCUT2D eigenvalue weighted by molar-refractivity contribution is -0.172. The van der Waals surface area contributed by atoms with Gasteiger partial charge in [-0.1, -0.05) is 26.7 Å². The summed E-state index contributed by atoms with van der Waals surface area (Å²) in [6.45, 7) is 4.51. The topological polar surface area (TPSA) is 140 Å². The van der Waals surface area contributed by atoms with Crippen LogP contribution in [0.1, 0.15) is 74.6 Å². The van der Waals surface area contributed by atoms with Gasteiger partial charge in [0.1, 0.15) is 12.4 Å². The standard InChI is InChI=1S/C29H33N3O7/c1-3-18-19-13-17(38-12-8-6-5-7-9-25(33)31-37)10-11-23(19)30-26-20(18)15-32-24(26)14-22-21(27(32)34)16-39-28(35)29(22,36)4-2/h10-11,13-14,36-37H,3-9,12,15-16H2,1-2H3,(H,31,33)/t29-/m0/s1. The van der Waals surface area contributed by atoms with Gasteiger partial charge in [-0.2, -0.15) is 0 Å². The largest absolute Gasteiger partial charge is 0.494 e.